The van der Waals surface area contributed by atoms with E-state index in [2.05, 4.69) is 0 Å². The van der Waals surface area contributed by atoms with Crippen LogP contribution in [0.25, 0.3) is 0 Å². The maximum absolute atomic E-state index is 13.6. The molecule has 5 rings (SSSR count). The van der Waals surface area contributed by atoms with Crippen molar-refractivity contribution in [1.29, 1.82) is 0 Å². The minimum atomic E-state index is -1.12. The highest BCUT2D eigenvalue weighted by atomic mass is 35.5. The number of benzene rings is 3. The molecule has 8 nitrogen and oxygen atoms in total. The van der Waals surface area contributed by atoms with E-state index in [4.69, 9.17) is 28.0 Å². The molecule has 10 heteroatoms. The van der Waals surface area contributed by atoms with Gasteiger partial charge in [-0.15, -0.1) is 0 Å². The van der Waals surface area contributed by atoms with E-state index in [1.165, 1.54) is 29.3 Å². The van der Waals surface area contributed by atoms with Crippen molar-refractivity contribution in [2.24, 2.45) is 5.92 Å². The minimum Gasteiger partial charge on any atom is -0.273 e. The maximum Gasteiger partial charge on any atom is 0.271 e. The molecule has 0 spiro atoms. The van der Waals surface area contributed by atoms with E-state index in [1.54, 1.807) is 36.4 Å². The van der Waals surface area contributed by atoms with Crippen LogP contribution in [-0.4, -0.2) is 22.8 Å². The Balaban J connectivity index is 1.63. The van der Waals surface area contributed by atoms with Crippen LogP contribution in [0, 0.1) is 23.0 Å². The van der Waals surface area contributed by atoms with E-state index in [-0.39, 0.29) is 10.7 Å². The number of nitrogens with zero attached hydrogens (tertiary/aromatic N) is 3. The average Bonchev–Trinajstić information content (AvgIpc) is 3.30. The number of rotatable bonds is 4. The van der Waals surface area contributed by atoms with Crippen molar-refractivity contribution in [2.45, 2.75) is 19.1 Å². The number of amides is 2. The average molecular weight is 498 g/mol. The molecule has 0 radical (unpaired) electrons. The lowest BCUT2D eigenvalue weighted by atomic mass is 9.90. The van der Waals surface area contributed by atoms with Gasteiger partial charge in [-0.3, -0.25) is 24.5 Å². The fourth-order valence-electron chi connectivity index (χ4n) is 4.46. The van der Waals surface area contributed by atoms with Crippen molar-refractivity contribution < 1.29 is 19.3 Å². The van der Waals surface area contributed by atoms with Crippen molar-refractivity contribution in [1.82, 2.24) is 0 Å². The fourth-order valence-corrected chi connectivity index (χ4v) is 4.98. The number of anilines is 2. The second-order valence-electron chi connectivity index (χ2n) is 8.12. The second kappa shape index (κ2) is 8.39. The first-order valence-corrected chi connectivity index (χ1v) is 11.1. The van der Waals surface area contributed by atoms with Crippen LogP contribution in [0.3, 0.4) is 0 Å². The standard InChI is InChI=1S/C24H17Cl2N3O5/c1-13-4-2-5-15(10-13)27-23(30)20-21(18-9-8-14(25)11-19(18)26)28(34-22(20)24(27)31)16-6-3-7-17(12-16)29(32)33/h2-12,20-22H,1H3/t20-,21-,22-/m0/s1. The first-order chi connectivity index (χ1) is 16.3. The van der Waals surface area contributed by atoms with Crippen molar-refractivity contribution in [3.8, 4) is 0 Å². The van der Waals surface area contributed by atoms with Gasteiger partial charge in [0.05, 0.1) is 22.3 Å². The molecule has 172 valence electrons. The molecule has 2 heterocycles. The molecule has 2 amide bonds. The second-order valence-corrected chi connectivity index (χ2v) is 8.96. The van der Waals surface area contributed by atoms with Crippen molar-refractivity contribution in [3.05, 3.63) is 98.0 Å². The van der Waals surface area contributed by atoms with Crippen molar-refractivity contribution >= 4 is 52.1 Å². The number of fused-ring (bicyclic) bond motifs is 1. The summed E-state index contributed by atoms with van der Waals surface area (Å²) in [6.07, 6.45) is -1.12. The highest BCUT2D eigenvalue weighted by Gasteiger charge is 2.60. The third kappa shape index (κ3) is 3.60. The van der Waals surface area contributed by atoms with Crippen LogP contribution in [0.2, 0.25) is 10.0 Å². The Morgan fingerprint density at radius 3 is 2.38 bits per heavy atom. The maximum atomic E-state index is 13.6. The lowest BCUT2D eigenvalue weighted by molar-refractivity contribution is -0.384. The minimum absolute atomic E-state index is 0.154. The van der Waals surface area contributed by atoms with Gasteiger partial charge in [0.15, 0.2) is 6.10 Å². The number of non-ortho nitro benzene ring substituents is 1. The summed E-state index contributed by atoms with van der Waals surface area (Å²) < 4.78 is 0. The third-order valence-corrected chi connectivity index (χ3v) is 6.51. The number of carbonyl (C=O) groups is 2. The monoisotopic (exact) mass is 497 g/mol. The Bertz CT molecular complexity index is 1350. The molecular weight excluding hydrogens is 481 g/mol. The SMILES string of the molecule is Cc1cccc(N2C(=O)[C@@H]3[C@H](ON(c4cccc([N+](=O)[O-])c4)[C@H]3c3ccc(Cl)cc3Cl)C2=O)c1. The largest absolute Gasteiger partial charge is 0.273 e. The number of hydroxylamine groups is 1. The van der Waals surface area contributed by atoms with Gasteiger partial charge in [0, 0.05) is 22.2 Å². The van der Waals surface area contributed by atoms with Crippen molar-refractivity contribution in [2.75, 3.05) is 9.96 Å². The van der Waals surface area contributed by atoms with Crippen LogP contribution < -0.4 is 9.96 Å². The summed E-state index contributed by atoms with van der Waals surface area (Å²) in [5.74, 6) is -1.88. The summed E-state index contributed by atoms with van der Waals surface area (Å²) in [6.45, 7) is 1.87. The summed E-state index contributed by atoms with van der Waals surface area (Å²) in [7, 11) is 0. The Kier molecular flexibility index (Phi) is 5.51. The number of imide groups is 1. The van der Waals surface area contributed by atoms with E-state index >= 15 is 0 Å². The van der Waals surface area contributed by atoms with Gasteiger partial charge in [-0.1, -0.05) is 47.5 Å². The topological polar surface area (TPSA) is 93.0 Å². The number of nitro benzene ring substituents is 1. The Labute approximate surface area is 204 Å². The van der Waals surface area contributed by atoms with Gasteiger partial charge in [-0.2, -0.15) is 0 Å². The molecule has 2 aliphatic rings. The Morgan fingerprint density at radius 2 is 1.68 bits per heavy atom. The first-order valence-electron chi connectivity index (χ1n) is 10.4. The highest BCUT2D eigenvalue weighted by Crippen LogP contribution is 2.49. The van der Waals surface area contributed by atoms with E-state index in [9.17, 15) is 19.7 Å². The molecule has 3 aromatic rings. The molecule has 2 saturated heterocycles. The van der Waals surface area contributed by atoms with Gasteiger partial charge in [-0.05, 0) is 48.4 Å². The predicted molar refractivity (Wildman–Crippen MR) is 127 cm³/mol. The number of carbonyl (C=O) groups excluding carboxylic acids is 2. The molecule has 0 aromatic heterocycles. The van der Waals surface area contributed by atoms with Crippen LogP contribution in [0.5, 0.6) is 0 Å². The zero-order valence-electron chi connectivity index (χ0n) is 17.7. The molecule has 2 fully saturated rings. The molecule has 34 heavy (non-hydrogen) atoms. The van der Waals surface area contributed by atoms with E-state index in [0.717, 1.165) is 10.5 Å². The Morgan fingerprint density at radius 1 is 0.941 bits per heavy atom. The third-order valence-electron chi connectivity index (χ3n) is 5.95. The van der Waals surface area contributed by atoms with E-state index in [0.29, 0.717) is 22.0 Å². The van der Waals surface area contributed by atoms with Gasteiger partial charge < -0.3 is 0 Å². The number of aryl methyl sites for hydroxylation is 1. The number of halogens is 2. The molecule has 0 bridgehead atoms. The summed E-state index contributed by atoms with van der Waals surface area (Å²) in [6, 6.07) is 16.9. The predicted octanol–water partition coefficient (Wildman–Crippen LogP) is 5.26. The molecule has 0 aliphatic carbocycles. The lowest BCUT2D eigenvalue weighted by Crippen LogP contribution is -2.37. The lowest BCUT2D eigenvalue weighted by Gasteiger charge is -2.29. The van der Waals surface area contributed by atoms with E-state index in [1.807, 2.05) is 13.0 Å². The zero-order valence-corrected chi connectivity index (χ0v) is 19.2. The molecule has 3 atom stereocenters. The number of hydrogen-bond acceptors (Lipinski definition) is 6. The van der Waals surface area contributed by atoms with Crippen LogP contribution in [0.15, 0.2) is 66.7 Å². The summed E-state index contributed by atoms with van der Waals surface area (Å²) in [4.78, 5) is 45.0. The van der Waals surface area contributed by atoms with Crippen LogP contribution >= 0.6 is 23.2 Å². The molecule has 3 aromatic carbocycles. The smallest absolute Gasteiger partial charge is 0.271 e. The summed E-state index contributed by atoms with van der Waals surface area (Å²) in [5.41, 5.74) is 2.03. The molecule has 0 saturated carbocycles. The van der Waals surface area contributed by atoms with Crippen molar-refractivity contribution in [3.63, 3.8) is 0 Å². The molecule has 2 aliphatic heterocycles. The van der Waals surface area contributed by atoms with Crippen LogP contribution in [0.4, 0.5) is 17.1 Å². The van der Waals surface area contributed by atoms with Gasteiger partial charge >= 0.3 is 0 Å². The quantitative estimate of drug-likeness (QED) is 0.277. The van der Waals surface area contributed by atoms with Gasteiger partial charge in [-0.25, -0.2) is 9.96 Å². The van der Waals surface area contributed by atoms with E-state index < -0.39 is 34.8 Å². The van der Waals surface area contributed by atoms with Crippen LogP contribution in [0.1, 0.15) is 17.2 Å². The van der Waals surface area contributed by atoms with Gasteiger partial charge in [0.2, 0.25) is 5.91 Å². The zero-order chi connectivity index (χ0) is 24.1. The van der Waals surface area contributed by atoms with Gasteiger partial charge in [0.1, 0.15) is 5.92 Å². The van der Waals surface area contributed by atoms with Crippen LogP contribution in [-0.2, 0) is 14.4 Å². The number of nitro groups is 1. The number of hydrogen-bond donors (Lipinski definition) is 0. The molecule has 0 unspecified atom stereocenters. The molecular formula is C24H17Cl2N3O5. The summed E-state index contributed by atoms with van der Waals surface area (Å²) in [5, 5.41) is 13.4. The van der Waals surface area contributed by atoms with Gasteiger partial charge in [0.25, 0.3) is 11.6 Å². The summed E-state index contributed by atoms with van der Waals surface area (Å²) >= 11 is 12.6. The normalized spacial score (nSPS) is 21.8. The fraction of sp³-hybridized carbons (Fsp3) is 0.167. The first kappa shape index (κ1) is 22.3. The Hall–Kier alpha value is -3.46. The highest BCUT2D eigenvalue weighted by molar-refractivity contribution is 6.35. The molecule has 0 N–H and O–H groups in total.